The van der Waals surface area contributed by atoms with Crippen molar-refractivity contribution in [3.05, 3.63) is 45.6 Å². The van der Waals surface area contributed by atoms with Crippen LogP contribution >= 0.6 is 34.5 Å². The van der Waals surface area contributed by atoms with Gasteiger partial charge in [-0.1, -0.05) is 11.6 Å². The Labute approximate surface area is 130 Å². The van der Waals surface area contributed by atoms with Gasteiger partial charge >= 0.3 is 0 Å². The Morgan fingerprint density at radius 3 is 2.65 bits per heavy atom. The largest absolute Gasteiger partial charge is 0.437 e. The molecule has 0 N–H and O–H groups in total. The summed E-state index contributed by atoms with van der Waals surface area (Å²) < 4.78 is 7.84. The van der Waals surface area contributed by atoms with Gasteiger partial charge in [0.05, 0.1) is 5.88 Å². The van der Waals surface area contributed by atoms with Crippen molar-refractivity contribution in [1.82, 2.24) is 9.38 Å². The van der Waals surface area contributed by atoms with Crippen molar-refractivity contribution < 1.29 is 4.74 Å². The fourth-order valence-electron chi connectivity index (χ4n) is 2.09. The van der Waals surface area contributed by atoms with E-state index in [0.717, 1.165) is 32.6 Å². The SMILES string of the molecule is Cc1cc(Oc2nc3sccn3c2CCl)cc(C)c1Cl. The van der Waals surface area contributed by atoms with Crippen LogP contribution in [0.15, 0.2) is 23.7 Å². The Hall–Kier alpha value is -1.23. The van der Waals surface area contributed by atoms with E-state index in [-0.39, 0.29) is 0 Å². The molecule has 20 heavy (non-hydrogen) atoms. The van der Waals surface area contributed by atoms with Crippen LogP contribution in [0.25, 0.3) is 4.96 Å². The van der Waals surface area contributed by atoms with Crippen molar-refractivity contribution in [2.24, 2.45) is 0 Å². The molecule has 0 aliphatic rings. The number of benzene rings is 1. The Balaban J connectivity index is 2.02. The first-order valence-corrected chi connectivity index (χ1v) is 7.84. The fraction of sp³-hybridized carbons (Fsp3) is 0.214. The molecule has 0 bridgehead atoms. The second-order valence-electron chi connectivity index (χ2n) is 4.53. The van der Waals surface area contributed by atoms with Crippen LogP contribution in [0.4, 0.5) is 0 Å². The van der Waals surface area contributed by atoms with Crippen LogP contribution < -0.4 is 4.74 Å². The summed E-state index contributed by atoms with van der Waals surface area (Å²) in [4.78, 5) is 5.34. The Morgan fingerprint density at radius 2 is 2.00 bits per heavy atom. The smallest absolute Gasteiger partial charge is 0.243 e. The zero-order valence-corrected chi connectivity index (χ0v) is 13.3. The molecule has 0 saturated heterocycles. The minimum Gasteiger partial charge on any atom is -0.437 e. The lowest BCUT2D eigenvalue weighted by molar-refractivity contribution is 0.461. The van der Waals surface area contributed by atoms with Gasteiger partial charge in [-0.2, -0.15) is 4.98 Å². The number of hydrogen-bond donors (Lipinski definition) is 0. The Kier molecular flexibility index (Phi) is 3.63. The van der Waals surface area contributed by atoms with Gasteiger partial charge in [-0.3, -0.25) is 4.40 Å². The topological polar surface area (TPSA) is 26.5 Å². The van der Waals surface area contributed by atoms with Crippen LogP contribution in [0, 0.1) is 13.8 Å². The van der Waals surface area contributed by atoms with E-state index in [4.69, 9.17) is 27.9 Å². The number of imidazole rings is 1. The average Bonchev–Trinajstić information content (AvgIpc) is 2.96. The number of alkyl halides is 1. The number of rotatable bonds is 3. The quantitative estimate of drug-likeness (QED) is 0.618. The summed E-state index contributed by atoms with van der Waals surface area (Å²) in [5, 5.41) is 2.74. The Bertz CT molecular complexity index is 756. The molecule has 6 heteroatoms. The maximum absolute atomic E-state index is 6.16. The van der Waals surface area contributed by atoms with E-state index in [2.05, 4.69) is 4.98 Å². The first kappa shape index (κ1) is 13.7. The van der Waals surface area contributed by atoms with Crippen molar-refractivity contribution in [2.75, 3.05) is 0 Å². The fourth-order valence-corrected chi connectivity index (χ4v) is 3.17. The van der Waals surface area contributed by atoms with Crippen LogP contribution in [0.3, 0.4) is 0 Å². The van der Waals surface area contributed by atoms with Crippen LogP contribution in [0.5, 0.6) is 11.6 Å². The predicted molar refractivity (Wildman–Crippen MR) is 83.6 cm³/mol. The molecule has 104 valence electrons. The summed E-state index contributed by atoms with van der Waals surface area (Å²) in [6, 6.07) is 3.81. The van der Waals surface area contributed by atoms with Gasteiger partial charge < -0.3 is 4.74 Å². The van der Waals surface area contributed by atoms with Gasteiger partial charge in [0, 0.05) is 16.6 Å². The van der Waals surface area contributed by atoms with E-state index < -0.39 is 0 Å². The van der Waals surface area contributed by atoms with Crippen molar-refractivity contribution in [3.8, 4) is 11.6 Å². The molecule has 2 heterocycles. The minimum atomic E-state index is 0.346. The van der Waals surface area contributed by atoms with E-state index in [1.165, 1.54) is 0 Å². The van der Waals surface area contributed by atoms with Gasteiger partial charge in [-0.05, 0) is 37.1 Å². The highest BCUT2D eigenvalue weighted by atomic mass is 35.5. The number of aromatic nitrogens is 2. The number of ether oxygens (including phenoxy) is 1. The van der Waals surface area contributed by atoms with E-state index in [1.807, 2.05) is 42.0 Å². The molecule has 3 rings (SSSR count). The average molecular weight is 327 g/mol. The standard InChI is InChI=1S/C14H12Cl2N2OS/c1-8-5-10(6-9(2)12(8)16)19-13-11(7-15)18-3-4-20-14(18)17-13/h3-6H,7H2,1-2H3. The zero-order valence-electron chi connectivity index (χ0n) is 11.0. The zero-order chi connectivity index (χ0) is 14.3. The highest BCUT2D eigenvalue weighted by molar-refractivity contribution is 7.15. The van der Waals surface area contributed by atoms with Crippen molar-refractivity contribution in [1.29, 1.82) is 0 Å². The van der Waals surface area contributed by atoms with Gasteiger partial charge in [-0.25, -0.2) is 0 Å². The second-order valence-corrected chi connectivity index (χ2v) is 6.04. The predicted octanol–water partition coefficient (Wildman–Crippen LogP) is 5.20. The molecule has 0 radical (unpaired) electrons. The third kappa shape index (κ3) is 2.28. The summed E-state index contributed by atoms with van der Waals surface area (Å²) in [6.45, 7) is 3.91. The maximum atomic E-state index is 6.16. The van der Waals surface area contributed by atoms with Gasteiger partial charge in [0.25, 0.3) is 0 Å². The van der Waals surface area contributed by atoms with Crippen LogP contribution in [-0.4, -0.2) is 9.38 Å². The molecule has 0 spiro atoms. The number of nitrogens with zero attached hydrogens (tertiary/aromatic N) is 2. The van der Waals surface area contributed by atoms with Crippen LogP contribution in [0.2, 0.25) is 5.02 Å². The van der Waals surface area contributed by atoms with Crippen molar-refractivity contribution in [2.45, 2.75) is 19.7 Å². The van der Waals surface area contributed by atoms with E-state index in [1.54, 1.807) is 11.3 Å². The molecule has 1 aromatic carbocycles. The summed E-state index contributed by atoms with van der Waals surface area (Å²) >= 11 is 13.7. The lowest BCUT2D eigenvalue weighted by atomic mass is 10.1. The number of fused-ring (bicyclic) bond motifs is 1. The molecular formula is C14H12Cl2N2OS. The van der Waals surface area contributed by atoms with Crippen molar-refractivity contribution in [3.63, 3.8) is 0 Å². The van der Waals surface area contributed by atoms with Crippen molar-refractivity contribution >= 4 is 39.5 Å². The normalized spacial score (nSPS) is 11.2. The highest BCUT2D eigenvalue weighted by Gasteiger charge is 2.15. The van der Waals surface area contributed by atoms with E-state index >= 15 is 0 Å². The Morgan fingerprint density at radius 1 is 1.30 bits per heavy atom. The number of aryl methyl sites for hydroxylation is 2. The van der Waals surface area contributed by atoms with Crippen LogP contribution in [-0.2, 0) is 5.88 Å². The summed E-state index contributed by atoms with van der Waals surface area (Å²) in [6.07, 6.45) is 1.94. The van der Waals surface area contributed by atoms with Gasteiger partial charge in [0.1, 0.15) is 11.4 Å². The van der Waals surface area contributed by atoms with Crippen LogP contribution in [0.1, 0.15) is 16.8 Å². The number of thiazole rings is 1. The number of hydrogen-bond acceptors (Lipinski definition) is 3. The molecule has 2 aromatic heterocycles. The lowest BCUT2D eigenvalue weighted by Gasteiger charge is -2.08. The molecule has 0 amide bonds. The first-order valence-electron chi connectivity index (χ1n) is 6.05. The van der Waals surface area contributed by atoms with E-state index in [9.17, 15) is 0 Å². The highest BCUT2D eigenvalue weighted by Crippen LogP contribution is 2.32. The lowest BCUT2D eigenvalue weighted by Crippen LogP contribution is -1.92. The first-order chi connectivity index (χ1) is 9.60. The third-order valence-corrected chi connectivity index (χ3v) is 4.68. The monoisotopic (exact) mass is 326 g/mol. The molecule has 0 aliphatic heterocycles. The molecule has 3 nitrogen and oxygen atoms in total. The molecule has 0 aliphatic carbocycles. The minimum absolute atomic E-state index is 0.346. The molecule has 0 saturated carbocycles. The summed E-state index contributed by atoms with van der Waals surface area (Å²) in [7, 11) is 0. The molecule has 0 atom stereocenters. The number of halogens is 2. The molecule has 0 fully saturated rings. The second kappa shape index (κ2) is 5.28. The summed E-state index contributed by atoms with van der Waals surface area (Å²) in [5.41, 5.74) is 2.82. The molecule has 0 unspecified atom stereocenters. The van der Waals surface area contributed by atoms with Gasteiger partial charge in [0.15, 0.2) is 4.96 Å². The van der Waals surface area contributed by atoms with Gasteiger partial charge in [0.2, 0.25) is 5.88 Å². The summed E-state index contributed by atoms with van der Waals surface area (Å²) in [5.74, 6) is 1.62. The van der Waals surface area contributed by atoms with Gasteiger partial charge in [-0.15, -0.1) is 22.9 Å². The molecular weight excluding hydrogens is 315 g/mol. The maximum Gasteiger partial charge on any atom is 0.243 e. The third-order valence-electron chi connectivity index (χ3n) is 3.08. The van der Waals surface area contributed by atoms with E-state index in [0.29, 0.717) is 11.8 Å². The molecule has 3 aromatic rings.